The minimum atomic E-state index is -0.826. The highest BCUT2D eigenvalue weighted by molar-refractivity contribution is 5.69. The Hall–Kier alpha value is -1.95. The van der Waals surface area contributed by atoms with E-state index in [0.29, 0.717) is 11.8 Å². The van der Waals surface area contributed by atoms with Crippen LogP contribution in [0, 0.1) is 45.3 Å². The van der Waals surface area contributed by atoms with Gasteiger partial charge in [0.1, 0.15) is 18.5 Å². The summed E-state index contributed by atoms with van der Waals surface area (Å²) < 4.78 is 11.9. The Morgan fingerprint density at radius 3 is 2.25 bits per heavy atom. The molecular formula is C34H52O6. The maximum absolute atomic E-state index is 13.5. The van der Waals surface area contributed by atoms with Gasteiger partial charge in [0.05, 0.1) is 5.60 Å². The van der Waals surface area contributed by atoms with Gasteiger partial charge < -0.3 is 19.4 Å². The predicted octanol–water partition coefficient (Wildman–Crippen LogP) is 6.60. The van der Waals surface area contributed by atoms with Crippen LogP contribution in [0.3, 0.4) is 0 Å². The van der Waals surface area contributed by atoms with Crippen LogP contribution in [0.4, 0.5) is 0 Å². The summed E-state index contributed by atoms with van der Waals surface area (Å²) >= 11 is 0. The first kappa shape index (κ1) is 31.0. The fraction of sp³-hybridized carbons (Fsp3) is 0.794. The average molecular weight is 557 g/mol. The summed E-state index contributed by atoms with van der Waals surface area (Å²) in [6, 6.07) is 0. The molecule has 0 unspecified atom stereocenters. The van der Waals surface area contributed by atoms with Gasteiger partial charge in [-0.15, -0.1) is 0 Å². The molecule has 0 heterocycles. The number of aliphatic hydroxyl groups is 1. The maximum atomic E-state index is 13.5. The lowest BCUT2D eigenvalue weighted by Gasteiger charge is -2.66. The van der Waals surface area contributed by atoms with E-state index in [-0.39, 0.29) is 40.7 Å². The van der Waals surface area contributed by atoms with Gasteiger partial charge >= 0.3 is 11.9 Å². The van der Waals surface area contributed by atoms with Crippen LogP contribution in [0.2, 0.25) is 0 Å². The molecule has 0 aliphatic heterocycles. The molecule has 0 amide bonds. The van der Waals surface area contributed by atoms with E-state index in [1.807, 2.05) is 6.08 Å². The first-order valence-corrected chi connectivity index (χ1v) is 15.4. The van der Waals surface area contributed by atoms with Crippen molar-refractivity contribution in [1.82, 2.24) is 0 Å². The Bertz CT molecular complexity index is 1080. The van der Waals surface area contributed by atoms with Gasteiger partial charge in [0.2, 0.25) is 0 Å². The molecule has 3 fully saturated rings. The number of carbonyl (C=O) groups is 3. The van der Waals surface area contributed by atoms with Gasteiger partial charge in [0, 0.05) is 30.6 Å². The van der Waals surface area contributed by atoms with Gasteiger partial charge in [-0.1, -0.05) is 52.3 Å². The molecule has 1 N–H and O–H groups in total. The Balaban J connectivity index is 1.78. The molecule has 6 heteroatoms. The molecule has 0 bridgehead atoms. The molecule has 4 aliphatic carbocycles. The summed E-state index contributed by atoms with van der Waals surface area (Å²) in [7, 11) is 0. The summed E-state index contributed by atoms with van der Waals surface area (Å²) in [5.74, 6) is 0.190. The molecule has 0 aromatic carbocycles. The third-order valence-corrected chi connectivity index (χ3v) is 12.0. The summed E-state index contributed by atoms with van der Waals surface area (Å²) in [5, 5.41) is 10.2. The molecule has 4 rings (SSSR count). The van der Waals surface area contributed by atoms with Gasteiger partial charge in [-0.25, -0.2) is 0 Å². The van der Waals surface area contributed by atoms with Crippen molar-refractivity contribution in [2.75, 3.05) is 0 Å². The van der Waals surface area contributed by atoms with E-state index in [9.17, 15) is 19.5 Å². The summed E-state index contributed by atoms with van der Waals surface area (Å²) in [5.41, 5.74) is -1.02. The normalized spacial score (nSPS) is 41.2. The lowest BCUT2D eigenvalue weighted by atomic mass is 9.38. The van der Waals surface area contributed by atoms with E-state index >= 15 is 0 Å². The van der Waals surface area contributed by atoms with Crippen molar-refractivity contribution in [3.05, 3.63) is 23.8 Å². The predicted molar refractivity (Wildman–Crippen MR) is 155 cm³/mol. The van der Waals surface area contributed by atoms with E-state index in [1.165, 1.54) is 20.1 Å². The number of carbonyl (C=O) groups excluding carboxylic acids is 3. The largest absolute Gasteiger partial charge is 0.462 e. The van der Waals surface area contributed by atoms with Crippen LogP contribution in [-0.4, -0.2) is 41.1 Å². The molecule has 0 saturated heterocycles. The number of allylic oxidation sites excluding steroid dienone is 1. The minimum Gasteiger partial charge on any atom is -0.462 e. The number of hydrogen-bond acceptors (Lipinski definition) is 6. The van der Waals surface area contributed by atoms with Gasteiger partial charge in [-0.05, 0) is 93.5 Å². The smallest absolute Gasteiger partial charge is 0.303 e. The van der Waals surface area contributed by atoms with Gasteiger partial charge in [0.25, 0.3) is 0 Å². The lowest BCUT2D eigenvalue weighted by molar-refractivity contribution is -0.195. The third kappa shape index (κ3) is 4.90. The van der Waals surface area contributed by atoms with Crippen LogP contribution < -0.4 is 0 Å². The standard InChI is InChI=1S/C34H52O6/c1-21(11-10-15-30(4,5)38)24-14-16-33(9)29-27(39-22(2)36)19-26-25(34(29,20-35)18-17-32(24,33)8)12-13-28(31(26,6)7)40-23(3)37/h10,15,19-21,24-25,27-29,38H,11-14,16-18H2,1-9H3/b15-10+/t21-,24-,25-,27+,28+,29+,32-,33+,34-/m1/s1. The molecule has 40 heavy (non-hydrogen) atoms. The van der Waals surface area contributed by atoms with Crippen LogP contribution in [0.15, 0.2) is 23.8 Å². The third-order valence-electron chi connectivity index (χ3n) is 12.0. The van der Waals surface area contributed by atoms with Crippen molar-refractivity contribution < 1.29 is 29.0 Å². The van der Waals surface area contributed by atoms with E-state index < -0.39 is 22.5 Å². The van der Waals surface area contributed by atoms with Crippen molar-refractivity contribution in [2.45, 2.75) is 125 Å². The summed E-state index contributed by atoms with van der Waals surface area (Å²) in [6.45, 7) is 17.8. The highest BCUT2D eigenvalue weighted by Gasteiger charge is 2.71. The summed E-state index contributed by atoms with van der Waals surface area (Å²) in [4.78, 5) is 37.9. The van der Waals surface area contributed by atoms with Crippen LogP contribution in [0.5, 0.6) is 0 Å². The number of rotatable bonds is 7. The Labute approximate surface area is 241 Å². The highest BCUT2D eigenvalue weighted by atomic mass is 16.5. The molecule has 4 aliphatic rings. The number of ether oxygens (including phenoxy) is 2. The second-order valence-electron chi connectivity index (χ2n) is 15.1. The molecule has 0 radical (unpaired) electrons. The molecule has 0 spiro atoms. The van der Waals surface area contributed by atoms with Gasteiger partial charge in [-0.2, -0.15) is 0 Å². The van der Waals surface area contributed by atoms with E-state index in [4.69, 9.17) is 9.47 Å². The maximum Gasteiger partial charge on any atom is 0.303 e. The van der Waals surface area contributed by atoms with Crippen LogP contribution in [-0.2, 0) is 23.9 Å². The Morgan fingerprint density at radius 1 is 1.02 bits per heavy atom. The second-order valence-corrected chi connectivity index (χ2v) is 15.1. The molecule has 0 aromatic heterocycles. The highest BCUT2D eigenvalue weighted by Crippen LogP contribution is 2.75. The Morgan fingerprint density at radius 2 is 1.68 bits per heavy atom. The lowest BCUT2D eigenvalue weighted by Crippen LogP contribution is -2.65. The van der Waals surface area contributed by atoms with Crippen molar-refractivity contribution >= 4 is 18.2 Å². The molecule has 0 aromatic rings. The average Bonchev–Trinajstić information content (AvgIpc) is 3.10. The monoisotopic (exact) mass is 556 g/mol. The van der Waals surface area contributed by atoms with E-state index in [2.05, 4.69) is 46.8 Å². The molecule has 3 saturated carbocycles. The van der Waals surface area contributed by atoms with Crippen LogP contribution >= 0.6 is 0 Å². The summed E-state index contributed by atoms with van der Waals surface area (Å²) in [6.07, 6.45) is 12.8. The fourth-order valence-corrected chi connectivity index (χ4v) is 9.94. The van der Waals surface area contributed by atoms with Crippen molar-refractivity contribution in [3.8, 4) is 0 Å². The zero-order valence-electron chi connectivity index (χ0n) is 26.2. The first-order chi connectivity index (χ1) is 18.4. The molecular weight excluding hydrogens is 504 g/mol. The van der Waals surface area contributed by atoms with E-state index in [1.54, 1.807) is 13.8 Å². The zero-order valence-corrected chi connectivity index (χ0v) is 26.2. The quantitative estimate of drug-likeness (QED) is 0.216. The van der Waals surface area contributed by atoms with Crippen molar-refractivity contribution in [2.24, 2.45) is 45.3 Å². The molecule has 6 nitrogen and oxygen atoms in total. The topological polar surface area (TPSA) is 89.9 Å². The number of hydrogen-bond donors (Lipinski definition) is 1. The van der Waals surface area contributed by atoms with Gasteiger partial charge in [0.15, 0.2) is 0 Å². The minimum absolute atomic E-state index is 0.0135. The van der Waals surface area contributed by atoms with Crippen LogP contribution in [0.1, 0.15) is 107 Å². The van der Waals surface area contributed by atoms with Crippen LogP contribution in [0.25, 0.3) is 0 Å². The van der Waals surface area contributed by atoms with Crippen molar-refractivity contribution in [3.63, 3.8) is 0 Å². The second kappa shape index (κ2) is 10.4. The molecule has 224 valence electrons. The zero-order chi connectivity index (χ0) is 29.9. The number of aldehydes is 1. The van der Waals surface area contributed by atoms with E-state index in [0.717, 1.165) is 50.5 Å². The Kier molecular flexibility index (Phi) is 8.06. The van der Waals surface area contributed by atoms with Gasteiger partial charge in [-0.3, -0.25) is 9.59 Å². The number of esters is 2. The SMILES string of the molecule is CC(=O)O[C@H]1C=C2[C@@H](CC[C@H](OC(C)=O)C2(C)C)[C@]2(C=O)CC[C@]3(C)[C@@H]([C@H](C)C/C=C/C(C)(C)O)CC[C@@]3(C)[C@H]12. The molecule has 9 atom stereocenters. The van der Waals surface area contributed by atoms with Crippen molar-refractivity contribution in [1.29, 1.82) is 0 Å². The number of fused-ring (bicyclic) bond motifs is 5. The first-order valence-electron chi connectivity index (χ1n) is 15.4. The fourth-order valence-electron chi connectivity index (χ4n) is 9.94.